The first-order valence-electron chi connectivity index (χ1n) is 5.12. The Kier molecular flexibility index (Phi) is 3.28. The van der Waals surface area contributed by atoms with E-state index >= 15 is 0 Å². The van der Waals surface area contributed by atoms with E-state index in [4.69, 9.17) is 0 Å². The summed E-state index contributed by atoms with van der Waals surface area (Å²) in [5.41, 5.74) is 0. The molecule has 1 atom stereocenters. The lowest BCUT2D eigenvalue weighted by Gasteiger charge is -2.41. The van der Waals surface area contributed by atoms with Gasteiger partial charge in [-0.15, -0.1) is 0 Å². The van der Waals surface area contributed by atoms with Crippen LogP contribution in [0.15, 0.2) is 0 Å². The molecule has 1 saturated heterocycles. The quantitative estimate of drug-likeness (QED) is 0.606. The largest absolute Gasteiger partial charge is 0.305 e. The molecule has 0 aromatic carbocycles. The van der Waals surface area contributed by atoms with E-state index in [0.717, 1.165) is 12.8 Å². The highest BCUT2D eigenvalue weighted by Crippen LogP contribution is 2.36. The van der Waals surface area contributed by atoms with Gasteiger partial charge in [0, 0.05) is 19.0 Å². The molecule has 13 heavy (non-hydrogen) atoms. The summed E-state index contributed by atoms with van der Waals surface area (Å²) in [5.74, 6) is 0.213. The number of nitrogens with zero attached hydrogens (tertiary/aromatic N) is 1. The average molecular weight is 191 g/mol. The van der Waals surface area contributed by atoms with Gasteiger partial charge in [0.05, 0.1) is 0 Å². The number of hydrogen-bond acceptors (Lipinski definition) is 1. The summed E-state index contributed by atoms with van der Waals surface area (Å²) >= 11 is 0. The molecule has 1 aliphatic heterocycles. The van der Waals surface area contributed by atoms with Crippen molar-refractivity contribution < 1.29 is 8.78 Å². The van der Waals surface area contributed by atoms with Crippen molar-refractivity contribution >= 4 is 0 Å². The molecule has 0 aromatic heterocycles. The predicted octanol–water partition coefficient (Wildman–Crippen LogP) is 3.11. The van der Waals surface area contributed by atoms with Crippen molar-refractivity contribution in [2.24, 2.45) is 5.92 Å². The van der Waals surface area contributed by atoms with Gasteiger partial charge in [0.1, 0.15) is 0 Å². The number of piperidine rings is 1. The zero-order valence-electron chi connectivity index (χ0n) is 8.69. The van der Waals surface area contributed by atoms with Crippen LogP contribution in [0.2, 0.25) is 0 Å². The number of likely N-dealkylation sites (tertiary alicyclic amines) is 1. The van der Waals surface area contributed by atoms with Crippen LogP contribution in [0.4, 0.5) is 8.78 Å². The second kappa shape index (κ2) is 3.91. The highest BCUT2D eigenvalue weighted by atomic mass is 19.3. The Hall–Kier alpha value is -0.180. The molecule has 0 aromatic rings. The Bertz CT molecular complexity index is 168. The van der Waals surface area contributed by atoms with Gasteiger partial charge in [0.15, 0.2) is 0 Å². The third-order valence-electron chi connectivity index (χ3n) is 2.93. The molecule has 78 valence electrons. The van der Waals surface area contributed by atoms with Crippen molar-refractivity contribution in [2.75, 3.05) is 6.54 Å². The SMILES string of the molecule is CC[C@H]1CCN(C(C)C)C(F)(F)C1. The van der Waals surface area contributed by atoms with E-state index in [0.29, 0.717) is 6.54 Å². The van der Waals surface area contributed by atoms with E-state index in [1.165, 1.54) is 4.90 Å². The minimum atomic E-state index is -2.58. The molecule has 1 fully saturated rings. The van der Waals surface area contributed by atoms with Crippen molar-refractivity contribution in [3.8, 4) is 0 Å². The van der Waals surface area contributed by atoms with Crippen LogP contribution in [0.25, 0.3) is 0 Å². The zero-order chi connectivity index (χ0) is 10.1. The maximum atomic E-state index is 13.5. The van der Waals surface area contributed by atoms with Crippen LogP contribution in [0.3, 0.4) is 0 Å². The van der Waals surface area contributed by atoms with Crippen LogP contribution >= 0.6 is 0 Å². The van der Waals surface area contributed by atoms with Gasteiger partial charge in [-0.05, 0) is 26.2 Å². The lowest BCUT2D eigenvalue weighted by atomic mass is 9.92. The molecule has 1 rings (SSSR count). The summed E-state index contributed by atoms with van der Waals surface area (Å²) in [7, 11) is 0. The zero-order valence-corrected chi connectivity index (χ0v) is 8.69. The molecular weight excluding hydrogens is 172 g/mol. The second-order valence-corrected chi connectivity index (χ2v) is 4.22. The van der Waals surface area contributed by atoms with Crippen LogP contribution in [0.1, 0.15) is 40.0 Å². The summed E-state index contributed by atoms with van der Waals surface area (Å²) in [5, 5.41) is 0. The third-order valence-corrected chi connectivity index (χ3v) is 2.93. The molecule has 1 aliphatic rings. The molecule has 0 saturated carbocycles. The number of rotatable bonds is 2. The lowest BCUT2D eigenvalue weighted by Crippen LogP contribution is -2.51. The molecule has 0 radical (unpaired) electrons. The van der Waals surface area contributed by atoms with Gasteiger partial charge >= 0.3 is 6.05 Å². The molecular formula is C10H19F2N. The summed E-state index contributed by atoms with van der Waals surface area (Å²) < 4.78 is 27.0. The van der Waals surface area contributed by atoms with Crippen LogP contribution in [0.5, 0.6) is 0 Å². The van der Waals surface area contributed by atoms with E-state index < -0.39 is 6.05 Å². The fourth-order valence-electron chi connectivity index (χ4n) is 2.04. The van der Waals surface area contributed by atoms with E-state index in [2.05, 4.69) is 0 Å². The minimum Gasteiger partial charge on any atom is -0.242 e. The molecule has 0 aliphatic carbocycles. The Morgan fingerprint density at radius 1 is 1.46 bits per heavy atom. The van der Waals surface area contributed by atoms with Crippen LogP contribution in [-0.4, -0.2) is 23.5 Å². The van der Waals surface area contributed by atoms with E-state index in [9.17, 15) is 8.78 Å². The lowest BCUT2D eigenvalue weighted by molar-refractivity contribution is -0.192. The Morgan fingerprint density at radius 3 is 2.46 bits per heavy atom. The topological polar surface area (TPSA) is 3.24 Å². The minimum absolute atomic E-state index is 0.0433. The standard InChI is InChI=1S/C10H19F2N/c1-4-9-5-6-13(8(2)3)10(11,12)7-9/h8-9H,4-7H2,1-3H3/t9-/m0/s1. The van der Waals surface area contributed by atoms with Crippen LogP contribution in [0, 0.1) is 5.92 Å². The van der Waals surface area contributed by atoms with Gasteiger partial charge < -0.3 is 0 Å². The highest BCUT2D eigenvalue weighted by molar-refractivity contribution is 4.82. The molecule has 1 nitrogen and oxygen atoms in total. The van der Waals surface area contributed by atoms with Gasteiger partial charge in [-0.25, -0.2) is 4.90 Å². The highest BCUT2D eigenvalue weighted by Gasteiger charge is 2.43. The first-order valence-corrected chi connectivity index (χ1v) is 5.12. The van der Waals surface area contributed by atoms with Gasteiger partial charge in [0.25, 0.3) is 0 Å². The Balaban J connectivity index is 2.62. The average Bonchev–Trinajstić information content (AvgIpc) is 2.01. The second-order valence-electron chi connectivity index (χ2n) is 4.22. The monoisotopic (exact) mass is 191 g/mol. The van der Waals surface area contributed by atoms with Crippen molar-refractivity contribution in [1.29, 1.82) is 0 Å². The Labute approximate surface area is 79.1 Å². The summed E-state index contributed by atoms with van der Waals surface area (Å²) in [6.07, 6.45) is 1.84. The Morgan fingerprint density at radius 2 is 2.08 bits per heavy atom. The van der Waals surface area contributed by atoms with Gasteiger partial charge in [-0.2, -0.15) is 8.78 Å². The maximum absolute atomic E-state index is 13.5. The summed E-state index contributed by atoms with van der Waals surface area (Å²) in [4.78, 5) is 1.32. The fraction of sp³-hybridized carbons (Fsp3) is 1.00. The molecule has 0 amide bonds. The number of halogens is 2. The predicted molar refractivity (Wildman–Crippen MR) is 49.8 cm³/mol. The number of alkyl halides is 2. The summed E-state index contributed by atoms with van der Waals surface area (Å²) in [6.45, 7) is 6.20. The van der Waals surface area contributed by atoms with Crippen molar-refractivity contribution in [3.63, 3.8) is 0 Å². The number of hydrogen-bond donors (Lipinski definition) is 0. The fourth-order valence-corrected chi connectivity index (χ4v) is 2.04. The normalized spacial score (nSPS) is 29.5. The van der Waals surface area contributed by atoms with Gasteiger partial charge in [0.2, 0.25) is 0 Å². The summed E-state index contributed by atoms with van der Waals surface area (Å²) in [6, 6.07) is -2.62. The van der Waals surface area contributed by atoms with Gasteiger partial charge in [-0.3, -0.25) is 0 Å². The molecule has 0 N–H and O–H groups in total. The first-order chi connectivity index (χ1) is 5.97. The van der Waals surface area contributed by atoms with E-state index in [-0.39, 0.29) is 18.4 Å². The van der Waals surface area contributed by atoms with E-state index in [1.807, 2.05) is 20.8 Å². The van der Waals surface area contributed by atoms with Crippen molar-refractivity contribution in [2.45, 2.75) is 52.1 Å². The first kappa shape index (κ1) is 10.9. The molecule has 0 unspecified atom stereocenters. The van der Waals surface area contributed by atoms with Gasteiger partial charge in [-0.1, -0.05) is 13.3 Å². The maximum Gasteiger partial charge on any atom is 0.305 e. The third kappa shape index (κ3) is 2.39. The van der Waals surface area contributed by atoms with Crippen LogP contribution < -0.4 is 0 Å². The molecule has 1 heterocycles. The van der Waals surface area contributed by atoms with Crippen LogP contribution in [-0.2, 0) is 0 Å². The van der Waals surface area contributed by atoms with E-state index in [1.54, 1.807) is 0 Å². The molecule has 0 bridgehead atoms. The molecule has 0 spiro atoms. The van der Waals surface area contributed by atoms with Crippen molar-refractivity contribution in [1.82, 2.24) is 4.90 Å². The smallest absolute Gasteiger partial charge is 0.242 e. The van der Waals surface area contributed by atoms with Crippen molar-refractivity contribution in [3.05, 3.63) is 0 Å². The molecule has 3 heteroatoms.